The lowest BCUT2D eigenvalue weighted by Gasteiger charge is -2.26. The monoisotopic (exact) mass is 455 g/mol. The van der Waals surface area contributed by atoms with Gasteiger partial charge < -0.3 is 18.8 Å². The van der Waals surface area contributed by atoms with Crippen molar-refractivity contribution in [3.05, 3.63) is 78.1 Å². The molecule has 4 aromatic rings. The standard InChI is InChI=1S/C28H29N3O3/c1-20-5-3-6-21(17-20)23-9-11-26-29-28(22-7-4-8-24(18-22)33-2)25(31(26)19-23)10-12-27(32)30-13-15-34-16-14-30/h3-9,11,17-19H,10,12-16H2,1-2H3. The van der Waals surface area contributed by atoms with Crippen LogP contribution in [0.25, 0.3) is 28.0 Å². The van der Waals surface area contributed by atoms with Crippen LogP contribution in [0.5, 0.6) is 5.75 Å². The molecule has 0 N–H and O–H groups in total. The third-order valence-corrected chi connectivity index (χ3v) is 6.35. The van der Waals surface area contributed by atoms with Crippen LogP contribution in [0, 0.1) is 6.92 Å². The lowest BCUT2D eigenvalue weighted by molar-refractivity contribution is -0.135. The normalized spacial score (nSPS) is 13.9. The lowest BCUT2D eigenvalue weighted by Crippen LogP contribution is -2.40. The Morgan fingerprint density at radius 3 is 2.59 bits per heavy atom. The molecule has 3 heterocycles. The number of imidazole rings is 1. The van der Waals surface area contributed by atoms with Crippen LogP contribution in [-0.4, -0.2) is 53.6 Å². The van der Waals surface area contributed by atoms with E-state index in [0.29, 0.717) is 39.1 Å². The number of aromatic nitrogens is 2. The Labute approximate surface area is 199 Å². The van der Waals surface area contributed by atoms with Gasteiger partial charge in [-0.25, -0.2) is 4.98 Å². The van der Waals surface area contributed by atoms with E-state index in [1.807, 2.05) is 29.2 Å². The highest BCUT2D eigenvalue weighted by atomic mass is 16.5. The number of rotatable bonds is 6. The molecule has 1 saturated heterocycles. The Hall–Kier alpha value is -3.64. The largest absolute Gasteiger partial charge is 0.497 e. The molecule has 1 aliphatic rings. The molecular weight excluding hydrogens is 426 g/mol. The van der Waals surface area contributed by atoms with Gasteiger partial charge in [-0.2, -0.15) is 0 Å². The SMILES string of the molecule is COc1cccc(-c2nc3ccc(-c4cccc(C)c4)cn3c2CCC(=O)N2CCOCC2)c1. The van der Waals surface area contributed by atoms with Crippen LogP contribution < -0.4 is 4.74 Å². The van der Waals surface area contributed by atoms with Gasteiger partial charge in [0.15, 0.2) is 0 Å². The summed E-state index contributed by atoms with van der Waals surface area (Å²) in [6, 6.07) is 20.6. The van der Waals surface area contributed by atoms with E-state index < -0.39 is 0 Å². The van der Waals surface area contributed by atoms with Crippen molar-refractivity contribution in [3.63, 3.8) is 0 Å². The Morgan fingerprint density at radius 1 is 1.00 bits per heavy atom. The Kier molecular flexibility index (Phi) is 6.32. The average molecular weight is 456 g/mol. The number of morpholine rings is 1. The van der Waals surface area contributed by atoms with Crippen molar-refractivity contribution in [1.29, 1.82) is 0 Å². The van der Waals surface area contributed by atoms with Crippen LogP contribution in [0.3, 0.4) is 0 Å². The summed E-state index contributed by atoms with van der Waals surface area (Å²) in [5, 5.41) is 0. The summed E-state index contributed by atoms with van der Waals surface area (Å²) in [5.41, 5.74) is 7.25. The zero-order chi connectivity index (χ0) is 23.5. The van der Waals surface area contributed by atoms with Gasteiger partial charge in [0, 0.05) is 31.3 Å². The van der Waals surface area contributed by atoms with E-state index in [9.17, 15) is 4.79 Å². The van der Waals surface area contributed by atoms with E-state index in [4.69, 9.17) is 14.5 Å². The van der Waals surface area contributed by atoms with Gasteiger partial charge in [-0.3, -0.25) is 4.79 Å². The van der Waals surface area contributed by atoms with Crippen molar-refractivity contribution in [3.8, 4) is 28.1 Å². The van der Waals surface area contributed by atoms with Crippen LogP contribution in [0.4, 0.5) is 0 Å². The highest BCUT2D eigenvalue weighted by molar-refractivity contribution is 5.77. The molecule has 0 atom stereocenters. The molecule has 2 aromatic heterocycles. The number of methoxy groups -OCH3 is 1. The number of hydrogen-bond donors (Lipinski definition) is 0. The molecule has 34 heavy (non-hydrogen) atoms. The third-order valence-electron chi connectivity index (χ3n) is 6.35. The molecular formula is C28H29N3O3. The lowest BCUT2D eigenvalue weighted by atomic mass is 10.0. The summed E-state index contributed by atoms with van der Waals surface area (Å²) in [5.74, 6) is 0.940. The van der Waals surface area contributed by atoms with E-state index in [1.54, 1.807) is 7.11 Å². The van der Waals surface area contributed by atoms with Crippen molar-refractivity contribution >= 4 is 11.6 Å². The molecule has 6 nitrogen and oxygen atoms in total. The van der Waals surface area contributed by atoms with E-state index in [0.717, 1.165) is 39.5 Å². The first-order valence-corrected chi connectivity index (χ1v) is 11.7. The number of ether oxygens (including phenoxy) is 2. The second kappa shape index (κ2) is 9.69. The molecule has 0 spiro atoms. The summed E-state index contributed by atoms with van der Waals surface area (Å²) in [4.78, 5) is 19.8. The minimum absolute atomic E-state index is 0.157. The van der Waals surface area contributed by atoms with Gasteiger partial charge >= 0.3 is 0 Å². The van der Waals surface area contributed by atoms with Gasteiger partial charge in [0.1, 0.15) is 11.4 Å². The topological polar surface area (TPSA) is 56.1 Å². The van der Waals surface area contributed by atoms with Gasteiger partial charge in [0.25, 0.3) is 0 Å². The Morgan fingerprint density at radius 2 is 1.79 bits per heavy atom. The minimum atomic E-state index is 0.157. The van der Waals surface area contributed by atoms with Gasteiger partial charge in [0.05, 0.1) is 31.7 Å². The number of nitrogens with zero attached hydrogens (tertiary/aromatic N) is 3. The van der Waals surface area contributed by atoms with Gasteiger partial charge in [-0.1, -0.05) is 42.0 Å². The molecule has 0 bridgehead atoms. The van der Waals surface area contributed by atoms with E-state index in [2.05, 4.69) is 53.9 Å². The number of carbonyl (C=O) groups is 1. The summed E-state index contributed by atoms with van der Waals surface area (Å²) >= 11 is 0. The highest BCUT2D eigenvalue weighted by Gasteiger charge is 2.20. The number of aryl methyl sites for hydroxylation is 2. The van der Waals surface area contributed by atoms with Crippen molar-refractivity contribution < 1.29 is 14.3 Å². The summed E-state index contributed by atoms with van der Waals surface area (Å²) in [6.07, 6.45) is 3.16. The predicted molar refractivity (Wildman–Crippen MR) is 133 cm³/mol. The second-order valence-corrected chi connectivity index (χ2v) is 8.65. The van der Waals surface area contributed by atoms with E-state index in [-0.39, 0.29) is 5.91 Å². The number of amides is 1. The fraction of sp³-hybridized carbons (Fsp3) is 0.286. The molecule has 0 aliphatic carbocycles. The summed E-state index contributed by atoms with van der Waals surface area (Å²) in [7, 11) is 1.67. The number of pyridine rings is 1. The van der Waals surface area contributed by atoms with E-state index >= 15 is 0 Å². The number of carbonyl (C=O) groups excluding carboxylic acids is 1. The van der Waals surface area contributed by atoms with Gasteiger partial charge in [-0.05, 0) is 48.7 Å². The number of benzene rings is 2. The third kappa shape index (κ3) is 4.54. The van der Waals surface area contributed by atoms with Crippen LogP contribution in [0.1, 0.15) is 17.7 Å². The second-order valence-electron chi connectivity index (χ2n) is 8.65. The maximum absolute atomic E-state index is 12.9. The molecule has 0 radical (unpaired) electrons. The molecule has 2 aromatic carbocycles. The molecule has 1 amide bonds. The quantitative estimate of drug-likeness (QED) is 0.420. The molecule has 6 heteroatoms. The first-order valence-electron chi connectivity index (χ1n) is 11.7. The summed E-state index contributed by atoms with van der Waals surface area (Å²) in [6.45, 7) is 4.63. The van der Waals surface area contributed by atoms with Gasteiger partial charge in [-0.15, -0.1) is 0 Å². The van der Waals surface area contributed by atoms with Gasteiger partial charge in [0.2, 0.25) is 5.91 Å². The maximum atomic E-state index is 12.9. The van der Waals surface area contributed by atoms with Crippen molar-refractivity contribution in [2.75, 3.05) is 33.4 Å². The van der Waals surface area contributed by atoms with E-state index in [1.165, 1.54) is 5.56 Å². The fourth-order valence-corrected chi connectivity index (χ4v) is 4.53. The zero-order valence-corrected chi connectivity index (χ0v) is 19.7. The van der Waals surface area contributed by atoms with Crippen molar-refractivity contribution in [2.24, 2.45) is 0 Å². The first kappa shape index (κ1) is 22.2. The smallest absolute Gasteiger partial charge is 0.223 e. The number of fused-ring (bicyclic) bond motifs is 1. The van der Waals surface area contributed by atoms with Crippen molar-refractivity contribution in [2.45, 2.75) is 19.8 Å². The molecule has 174 valence electrons. The maximum Gasteiger partial charge on any atom is 0.223 e. The fourth-order valence-electron chi connectivity index (χ4n) is 4.53. The molecule has 5 rings (SSSR count). The van der Waals surface area contributed by atoms with Crippen LogP contribution in [0.2, 0.25) is 0 Å². The summed E-state index contributed by atoms with van der Waals surface area (Å²) < 4.78 is 13.0. The Bertz CT molecular complexity index is 1320. The van der Waals surface area contributed by atoms with Crippen LogP contribution >= 0.6 is 0 Å². The van der Waals surface area contributed by atoms with Crippen molar-refractivity contribution in [1.82, 2.24) is 14.3 Å². The highest BCUT2D eigenvalue weighted by Crippen LogP contribution is 2.30. The Balaban J connectivity index is 1.56. The molecule has 1 aliphatic heterocycles. The number of hydrogen-bond acceptors (Lipinski definition) is 4. The predicted octanol–water partition coefficient (Wildman–Crippen LogP) is 4.78. The minimum Gasteiger partial charge on any atom is -0.497 e. The zero-order valence-electron chi connectivity index (χ0n) is 19.7. The van der Waals surface area contributed by atoms with Crippen LogP contribution in [-0.2, 0) is 16.0 Å². The molecule has 1 fully saturated rings. The first-order chi connectivity index (χ1) is 16.6. The molecule has 0 unspecified atom stereocenters. The average Bonchev–Trinajstić information content (AvgIpc) is 3.25. The molecule has 0 saturated carbocycles. The van der Waals surface area contributed by atoms with Crippen LogP contribution in [0.15, 0.2) is 66.9 Å².